The summed E-state index contributed by atoms with van der Waals surface area (Å²) in [7, 11) is 0. The smallest absolute Gasteiger partial charge is 0.327 e. The zero-order valence-electron chi connectivity index (χ0n) is 10.3. The molecule has 1 aromatic carbocycles. The fourth-order valence-electron chi connectivity index (χ4n) is 2.19. The maximum absolute atomic E-state index is 13.5. The number of para-hydroxylation sites is 1. The molecule has 0 aromatic heterocycles. The van der Waals surface area contributed by atoms with Crippen LogP contribution in [0.5, 0.6) is 0 Å². The molecular weight excluding hydrogens is 251 g/mol. The quantitative estimate of drug-likeness (QED) is 0.468. The normalized spacial score (nSPS) is 16.1. The van der Waals surface area contributed by atoms with Crippen molar-refractivity contribution < 1.29 is 9.31 Å². The third-order valence-corrected chi connectivity index (χ3v) is 3.16. The Balaban J connectivity index is 2.18. The Morgan fingerprint density at radius 1 is 1.37 bits per heavy atom. The largest absolute Gasteiger partial charge is 0.363 e. The van der Waals surface area contributed by atoms with Crippen LogP contribution < -0.4 is 4.90 Å². The third-order valence-electron chi connectivity index (χ3n) is 3.16. The number of hydrogen-bond acceptors (Lipinski definition) is 5. The van der Waals surface area contributed by atoms with Gasteiger partial charge in [0.15, 0.2) is 0 Å². The molecule has 1 aliphatic rings. The molecule has 0 aliphatic carbocycles. The highest BCUT2D eigenvalue weighted by Crippen LogP contribution is 2.31. The van der Waals surface area contributed by atoms with Crippen LogP contribution in [-0.4, -0.2) is 42.5 Å². The molecule has 0 saturated carbocycles. The van der Waals surface area contributed by atoms with Crippen LogP contribution in [0.3, 0.4) is 0 Å². The number of rotatable bonds is 3. The maximum atomic E-state index is 13.5. The first-order chi connectivity index (χ1) is 9.13. The minimum absolute atomic E-state index is 0.307. The highest BCUT2D eigenvalue weighted by atomic mass is 19.1. The van der Waals surface area contributed by atoms with Gasteiger partial charge in [-0.3, -0.25) is 15.0 Å². The van der Waals surface area contributed by atoms with Crippen LogP contribution in [0.1, 0.15) is 0 Å². The van der Waals surface area contributed by atoms with E-state index in [0.29, 0.717) is 38.4 Å². The van der Waals surface area contributed by atoms with Crippen molar-refractivity contribution in [2.24, 2.45) is 0 Å². The highest BCUT2D eigenvalue weighted by molar-refractivity contribution is 5.64. The lowest BCUT2D eigenvalue weighted by Crippen LogP contribution is -2.46. The summed E-state index contributed by atoms with van der Waals surface area (Å²) >= 11 is 0. The van der Waals surface area contributed by atoms with Gasteiger partial charge in [-0.05, 0) is 12.1 Å². The monoisotopic (exact) mass is 264 g/mol. The lowest BCUT2D eigenvalue weighted by atomic mass is 10.2. The molecule has 1 aliphatic heterocycles. The van der Waals surface area contributed by atoms with E-state index in [0.717, 1.165) is 6.07 Å². The van der Waals surface area contributed by atoms with E-state index in [1.807, 2.05) is 4.90 Å². The van der Waals surface area contributed by atoms with Crippen molar-refractivity contribution in [1.82, 2.24) is 4.90 Å². The summed E-state index contributed by atoms with van der Waals surface area (Å²) in [6.45, 7) is 2.72. The van der Waals surface area contributed by atoms with Crippen molar-refractivity contribution in [3.05, 3.63) is 34.1 Å². The van der Waals surface area contributed by atoms with Crippen molar-refractivity contribution in [2.45, 2.75) is 0 Å². The molecule has 1 aromatic rings. The molecule has 1 heterocycles. The van der Waals surface area contributed by atoms with Gasteiger partial charge in [0.2, 0.25) is 5.82 Å². The van der Waals surface area contributed by atoms with Gasteiger partial charge in [0.05, 0.1) is 17.5 Å². The average molecular weight is 264 g/mol. The van der Waals surface area contributed by atoms with E-state index in [-0.39, 0.29) is 0 Å². The van der Waals surface area contributed by atoms with Gasteiger partial charge >= 0.3 is 5.69 Å². The number of benzene rings is 1. The topological polar surface area (TPSA) is 73.4 Å². The summed E-state index contributed by atoms with van der Waals surface area (Å²) in [5.74, 6) is -0.818. The fraction of sp³-hybridized carbons (Fsp3) is 0.417. The Morgan fingerprint density at radius 2 is 2.05 bits per heavy atom. The van der Waals surface area contributed by atoms with Crippen LogP contribution in [-0.2, 0) is 0 Å². The number of nitro groups is 1. The molecule has 19 heavy (non-hydrogen) atoms. The third kappa shape index (κ3) is 2.80. The minimum Gasteiger partial charge on any atom is -0.363 e. The number of nitrogens with zero attached hydrogens (tertiary/aromatic N) is 4. The second-order valence-electron chi connectivity index (χ2n) is 4.29. The van der Waals surface area contributed by atoms with Crippen molar-refractivity contribution in [3.63, 3.8) is 0 Å². The Labute approximate surface area is 109 Å². The first-order valence-corrected chi connectivity index (χ1v) is 5.90. The number of nitriles is 1. The molecule has 1 fully saturated rings. The van der Waals surface area contributed by atoms with Gasteiger partial charge < -0.3 is 4.90 Å². The summed E-state index contributed by atoms with van der Waals surface area (Å²) in [5.41, 5.74) is -0.169. The number of anilines is 1. The van der Waals surface area contributed by atoms with Crippen LogP contribution in [0.15, 0.2) is 18.2 Å². The van der Waals surface area contributed by atoms with Gasteiger partial charge in [-0.15, -0.1) is 0 Å². The van der Waals surface area contributed by atoms with Gasteiger partial charge in [-0.2, -0.15) is 9.65 Å². The Morgan fingerprint density at radius 3 is 2.63 bits per heavy atom. The average Bonchev–Trinajstić information content (AvgIpc) is 2.39. The Kier molecular flexibility index (Phi) is 3.92. The summed E-state index contributed by atoms with van der Waals surface area (Å²) in [4.78, 5) is 14.0. The predicted octanol–water partition coefficient (Wildman–Crippen LogP) is 1.38. The Bertz CT molecular complexity index is 521. The van der Waals surface area contributed by atoms with E-state index in [1.54, 1.807) is 11.0 Å². The maximum Gasteiger partial charge on any atom is 0.327 e. The summed E-state index contributed by atoms with van der Waals surface area (Å²) in [5, 5.41) is 19.5. The number of piperazine rings is 1. The SMILES string of the molecule is N#CCN1CCN(c2cccc(F)c2[N+](=O)[O-])CC1. The lowest BCUT2D eigenvalue weighted by molar-refractivity contribution is -0.386. The minimum atomic E-state index is -0.818. The second-order valence-corrected chi connectivity index (χ2v) is 4.29. The van der Waals surface area contributed by atoms with Gasteiger partial charge in [0, 0.05) is 26.2 Å². The summed E-state index contributed by atoms with van der Waals surface area (Å²) in [6, 6.07) is 6.19. The van der Waals surface area contributed by atoms with Crippen molar-refractivity contribution >= 4 is 11.4 Å². The molecule has 1 saturated heterocycles. The molecule has 100 valence electrons. The molecule has 0 N–H and O–H groups in total. The molecule has 6 nitrogen and oxygen atoms in total. The molecule has 0 unspecified atom stereocenters. The van der Waals surface area contributed by atoms with Crippen LogP contribution >= 0.6 is 0 Å². The van der Waals surface area contributed by atoms with Crippen LogP contribution in [0.25, 0.3) is 0 Å². The van der Waals surface area contributed by atoms with Crippen molar-refractivity contribution in [3.8, 4) is 6.07 Å². The van der Waals surface area contributed by atoms with E-state index >= 15 is 0 Å². The van der Waals surface area contributed by atoms with E-state index in [9.17, 15) is 14.5 Å². The van der Waals surface area contributed by atoms with E-state index in [1.165, 1.54) is 6.07 Å². The van der Waals surface area contributed by atoms with Crippen LogP contribution in [0.4, 0.5) is 15.8 Å². The molecule has 0 atom stereocenters. The van der Waals surface area contributed by atoms with Gasteiger partial charge in [0.25, 0.3) is 0 Å². The van der Waals surface area contributed by atoms with E-state index in [2.05, 4.69) is 6.07 Å². The molecule has 0 radical (unpaired) electrons. The fourth-order valence-corrected chi connectivity index (χ4v) is 2.19. The standard InChI is InChI=1S/C12H13FN4O2/c13-10-2-1-3-11(12(10)17(18)19)16-8-6-15(5-4-14)7-9-16/h1-3H,5-9H2. The van der Waals surface area contributed by atoms with E-state index in [4.69, 9.17) is 5.26 Å². The Hall–Kier alpha value is -2.20. The van der Waals surface area contributed by atoms with Gasteiger partial charge in [-0.25, -0.2) is 0 Å². The van der Waals surface area contributed by atoms with Crippen molar-refractivity contribution in [2.75, 3.05) is 37.6 Å². The van der Waals surface area contributed by atoms with Gasteiger partial charge in [-0.1, -0.05) is 6.07 Å². The zero-order valence-corrected chi connectivity index (χ0v) is 10.3. The lowest BCUT2D eigenvalue weighted by Gasteiger charge is -2.34. The molecular formula is C12H13FN4O2. The summed E-state index contributed by atoms with van der Waals surface area (Å²) in [6.07, 6.45) is 0. The summed E-state index contributed by atoms with van der Waals surface area (Å²) < 4.78 is 13.5. The number of nitro benzene ring substituents is 1. The molecule has 2 rings (SSSR count). The number of halogens is 1. The number of hydrogen-bond donors (Lipinski definition) is 0. The highest BCUT2D eigenvalue weighted by Gasteiger charge is 2.26. The van der Waals surface area contributed by atoms with Crippen LogP contribution in [0, 0.1) is 27.3 Å². The van der Waals surface area contributed by atoms with Crippen molar-refractivity contribution in [1.29, 1.82) is 5.26 Å². The molecule has 0 amide bonds. The van der Waals surface area contributed by atoms with Gasteiger partial charge in [0.1, 0.15) is 5.69 Å². The second kappa shape index (κ2) is 5.63. The van der Waals surface area contributed by atoms with Crippen LogP contribution in [0.2, 0.25) is 0 Å². The zero-order chi connectivity index (χ0) is 13.8. The molecule has 0 bridgehead atoms. The predicted molar refractivity (Wildman–Crippen MR) is 67.3 cm³/mol. The first-order valence-electron chi connectivity index (χ1n) is 5.90. The van der Waals surface area contributed by atoms with E-state index < -0.39 is 16.4 Å². The first kappa shape index (κ1) is 13.2. The molecule has 7 heteroatoms. The molecule has 0 spiro atoms.